The highest BCUT2D eigenvalue weighted by Crippen LogP contribution is 2.49. The second-order valence-corrected chi connectivity index (χ2v) is 4.27. The predicted octanol–water partition coefficient (Wildman–Crippen LogP) is 0.334. The fourth-order valence-corrected chi connectivity index (χ4v) is 1.73. The Kier molecular flexibility index (Phi) is 2.36. The Balaban J connectivity index is 1.96. The largest absolute Gasteiger partial charge is 0.411 e. The van der Waals surface area contributed by atoms with Crippen molar-refractivity contribution in [2.75, 3.05) is 6.54 Å². The van der Waals surface area contributed by atoms with Crippen LogP contribution in [-0.4, -0.2) is 30.1 Å². The summed E-state index contributed by atoms with van der Waals surface area (Å²) in [5.41, 5.74) is -2.03. The normalized spacial score (nSPS) is 27.4. The van der Waals surface area contributed by atoms with Crippen molar-refractivity contribution in [3.05, 3.63) is 0 Å². The van der Waals surface area contributed by atoms with Gasteiger partial charge in [-0.05, 0) is 12.8 Å². The Hall–Kier alpha value is -1.27. The molecule has 16 heavy (non-hydrogen) atoms. The van der Waals surface area contributed by atoms with Crippen LogP contribution in [0.4, 0.5) is 13.2 Å². The molecule has 1 unspecified atom stereocenters. The maximum atomic E-state index is 12.5. The van der Waals surface area contributed by atoms with E-state index < -0.39 is 23.5 Å². The molecule has 1 atom stereocenters. The molecule has 2 fully saturated rings. The Morgan fingerprint density at radius 2 is 2.06 bits per heavy atom. The van der Waals surface area contributed by atoms with Gasteiger partial charge < -0.3 is 10.6 Å². The van der Waals surface area contributed by atoms with Crippen LogP contribution in [0.15, 0.2) is 0 Å². The predicted molar refractivity (Wildman–Crippen MR) is 47.3 cm³/mol. The third-order valence-corrected chi connectivity index (χ3v) is 3.00. The molecule has 2 N–H and O–H groups in total. The van der Waals surface area contributed by atoms with Crippen LogP contribution in [0.3, 0.4) is 0 Å². The van der Waals surface area contributed by atoms with Gasteiger partial charge in [0.25, 0.3) is 0 Å². The summed E-state index contributed by atoms with van der Waals surface area (Å²) in [4.78, 5) is 22.3. The molecule has 2 aliphatic rings. The minimum atomic E-state index is -4.40. The van der Waals surface area contributed by atoms with E-state index >= 15 is 0 Å². The molecule has 0 spiro atoms. The lowest BCUT2D eigenvalue weighted by Gasteiger charge is -2.22. The molecule has 0 aromatic carbocycles. The Morgan fingerprint density at radius 3 is 2.44 bits per heavy atom. The lowest BCUT2D eigenvalue weighted by molar-refractivity contribution is -0.171. The molecule has 0 aromatic rings. The lowest BCUT2D eigenvalue weighted by Crippen LogP contribution is -2.50. The second-order valence-electron chi connectivity index (χ2n) is 4.27. The standard InChI is InChI=1S/C9H11F3N2O2/c10-9(11,12)8(1-2-8)14-7(16)5-3-6(15)13-4-5/h5H,1-4H2,(H,13,15)(H,14,16). The minimum absolute atomic E-state index is 0.0280. The van der Waals surface area contributed by atoms with E-state index in [0.29, 0.717) is 0 Å². The van der Waals surface area contributed by atoms with Gasteiger partial charge in [-0.3, -0.25) is 9.59 Å². The van der Waals surface area contributed by atoms with Crippen LogP contribution < -0.4 is 10.6 Å². The molecule has 1 heterocycles. The number of carbonyl (C=O) groups excluding carboxylic acids is 2. The number of halogens is 3. The summed E-state index contributed by atoms with van der Waals surface area (Å²) in [5, 5.41) is 4.43. The average Bonchev–Trinajstić information content (AvgIpc) is 2.81. The molecule has 90 valence electrons. The number of nitrogens with one attached hydrogen (secondary N) is 2. The molecule has 1 aliphatic heterocycles. The van der Waals surface area contributed by atoms with E-state index in [1.54, 1.807) is 0 Å². The van der Waals surface area contributed by atoms with Gasteiger partial charge >= 0.3 is 6.18 Å². The topological polar surface area (TPSA) is 58.2 Å². The maximum Gasteiger partial charge on any atom is 0.411 e. The van der Waals surface area contributed by atoms with Crippen molar-refractivity contribution in [3.63, 3.8) is 0 Å². The van der Waals surface area contributed by atoms with Crippen molar-refractivity contribution in [1.29, 1.82) is 0 Å². The van der Waals surface area contributed by atoms with Gasteiger partial charge in [-0.2, -0.15) is 13.2 Å². The van der Waals surface area contributed by atoms with Crippen LogP contribution in [0.2, 0.25) is 0 Å². The number of carbonyl (C=O) groups is 2. The van der Waals surface area contributed by atoms with Crippen LogP contribution in [0.25, 0.3) is 0 Å². The van der Waals surface area contributed by atoms with E-state index in [0.717, 1.165) is 0 Å². The first-order chi connectivity index (χ1) is 7.34. The Bertz CT molecular complexity index is 336. The Morgan fingerprint density at radius 1 is 1.44 bits per heavy atom. The van der Waals surface area contributed by atoms with Crippen LogP contribution in [0.5, 0.6) is 0 Å². The quantitative estimate of drug-likeness (QED) is 0.726. The molecule has 1 saturated heterocycles. The van der Waals surface area contributed by atoms with E-state index in [2.05, 4.69) is 5.32 Å². The zero-order chi connectivity index (χ0) is 12.0. The van der Waals surface area contributed by atoms with Crippen LogP contribution in [0.1, 0.15) is 19.3 Å². The summed E-state index contributed by atoms with van der Waals surface area (Å²) in [6, 6.07) is 0. The van der Waals surface area contributed by atoms with Gasteiger partial charge in [0.05, 0.1) is 5.92 Å². The van der Waals surface area contributed by atoms with Crippen molar-refractivity contribution < 1.29 is 22.8 Å². The summed E-state index contributed by atoms with van der Waals surface area (Å²) in [6.45, 7) is 0.124. The van der Waals surface area contributed by atoms with Crippen molar-refractivity contribution in [1.82, 2.24) is 10.6 Å². The molecule has 0 aromatic heterocycles. The number of amides is 2. The van der Waals surface area contributed by atoms with Crippen molar-refractivity contribution in [3.8, 4) is 0 Å². The van der Waals surface area contributed by atoms with Gasteiger partial charge in [0.1, 0.15) is 5.54 Å². The summed E-state index contributed by atoms with van der Waals surface area (Å²) in [7, 11) is 0. The molecule has 2 rings (SSSR count). The Labute approximate surface area is 89.6 Å². The fraction of sp³-hybridized carbons (Fsp3) is 0.778. The molecule has 0 radical (unpaired) electrons. The smallest absolute Gasteiger partial charge is 0.355 e. The van der Waals surface area contributed by atoms with Gasteiger partial charge in [0.2, 0.25) is 11.8 Å². The van der Waals surface area contributed by atoms with Crippen LogP contribution >= 0.6 is 0 Å². The minimum Gasteiger partial charge on any atom is -0.355 e. The number of hydrogen-bond acceptors (Lipinski definition) is 2. The summed E-state index contributed by atoms with van der Waals surface area (Å²) in [5.74, 6) is -1.66. The summed E-state index contributed by atoms with van der Waals surface area (Å²) < 4.78 is 37.6. The van der Waals surface area contributed by atoms with E-state index in [1.165, 1.54) is 0 Å². The maximum absolute atomic E-state index is 12.5. The first-order valence-corrected chi connectivity index (χ1v) is 4.99. The van der Waals surface area contributed by atoms with Gasteiger partial charge in [-0.25, -0.2) is 0 Å². The van der Waals surface area contributed by atoms with Crippen LogP contribution in [0, 0.1) is 5.92 Å². The first kappa shape index (κ1) is 11.2. The number of rotatable bonds is 2. The highest BCUT2D eigenvalue weighted by Gasteiger charge is 2.64. The summed E-state index contributed by atoms with van der Waals surface area (Å²) >= 11 is 0. The van der Waals surface area contributed by atoms with Gasteiger partial charge in [0, 0.05) is 13.0 Å². The SMILES string of the molecule is O=C1CC(C(=O)NC2(C(F)(F)F)CC2)CN1. The summed E-state index contributed by atoms with van der Waals surface area (Å²) in [6.07, 6.45) is -4.58. The molecule has 0 bridgehead atoms. The third kappa shape index (κ3) is 1.85. The molecule has 7 heteroatoms. The van der Waals surface area contributed by atoms with E-state index in [9.17, 15) is 22.8 Å². The van der Waals surface area contributed by atoms with Crippen molar-refractivity contribution >= 4 is 11.8 Å². The van der Waals surface area contributed by atoms with E-state index in [-0.39, 0.29) is 31.7 Å². The second kappa shape index (κ2) is 3.36. The molecule has 1 aliphatic carbocycles. The zero-order valence-electron chi connectivity index (χ0n) is 8.36. The van der Waals surface area contributed by atoms with Gasteiger partial charge in [-0.1, -0.05) is 0 Å². The first-order valence-electron chi connectivity index (χ1n) is 4.99. The van der Waals surface area contributed by atoms with E-state index in [4.69, 9.17) is 0 Å². The molecular formula is C9H11F3N2O2. The monoisotopic (exact) mass is 236 g/mol. The van der Waals surface area contributed by atoms with Gasteiger partial charge in [0.15, 0.2) is 0 Å². The van der Waals surface area contributed by atoms with Crippen molar-refractivity contribution in [2.24, 2.45) is 5.92 Å². The number of alkyl halides is 3. The number of hydrogen-bond donors (Lipinski definition) is 2. The highest BCUT2D eigenvalue weighted by molar-refractivity contribution is 5.89. The molecule has 4 nitrogen and oxygen atoms in total. The molecule has 1 saturated carbocycles. The fourth-order valence-electron chi connectivity index (χ4n) is 1.73. The van der Waals surface area contributed by atoms with Gasteiger partial charge in [-0.15, -0.1) is 0 Å². The molecule has 2 amide bonds. The average molecular weight is 236 g/mol. The van der Waals surface area contributed by atoms with Crippen LogP contribution in [-0.2, 0) is 9.59 Å². The highest BCUT2D eigenvalue weighted by atomic mass is 19.4. The lowest BCUT2D eigenvalue weighted by atomic mass is 10.1. The third-order valence-electron chi connectivity index (χ3n) is 3.00. The van der Waals surface area contributed by atoms with E-state index in [1.807, 2.05) is 5.32 Å². The van der Waals surface area contributed by atoms with Crippen molar-refractivity contribution in [2.45, 2.75) is 31.0 Å². The molecular weight excluding hydrogens is 225 g/mol. The zero-order valence-corrected chi connectivity index (χ0v) is 8.36.